The molecule has 18 heavy (non-hydrogen) atoms. The Morgan fingerprint density at radius 3 is 2.67 bits per heavy atom. The molecule has 1 rings (SSSR count). The monoisotopic (exact) mass is 254 g/mol. The molecule has 4 heteroatoms. The van der Waals surface area contributed by atoms with Crippen molar-refractivity contribution in [3.8, 4) is 5.75 Å². The van der Waals surface area contributed by atoms with Gasteiger partial charge < -0.3 is 15.8 Å². The highest BCUT2D eigenvalue weighted by Gasteiger charge is 2.12. The molecule has 0 amide bonds. The number of ether oxygens (including phenoxy) is 1. The third-order valence-electron chi connectivity index (χ3n) is 3.04. The van der Waals surface area contributed by atoms with E-state index in [2.05, 4.69) is 19.2 Å². The largest absolute Gasteiger partial charge is 0.492 e. The SMILES string of the molecule is CCOc1cc(F)ccc1NCC(CN)C(C)C. The second kappa shape index (κ2) is 7.21. The molecule has 0 saturated carbocycles. The van der Waals surface area contributed by atoms with Gasteiger partial charge in [-0.25, -0.2) is 4.39 Å². The van der Waals surface area contributed by atoms with Crippen LogP contribution in [0.3, 0.4) is 0 Å². The highest BCUT2D eigenvalue weighted by Crippen LogP contribution is 2.26. The summed E-state index contributed by atoms with van der Waals surface area (Å²) < 4.78 is 18.5. The molecule has 0 aliphatic carbocycles. The van der Waals surface area contributed by atoms with Crippen LogP contribution in [0.2, 0.25) is 0 Å². The van der Waals surface area contributed by atoms with Crippen molar-refractivity contribution in [2.24, 2.45) is 17.6 Å². The number of hydrogen-bond acceptors (Lipinski definition) is 3. The van der Waals surface area contributed by atoms with E-state index in [0.717, 1.165) is 12.2 Å². The first kappa shape index (κ1) is 14.8. The smallest absolute Gasteiger partial charge is 0.145 e. The molecule has 0 bridgehead atoms. The predicted molar refractivity (Wildman–Crippen MR) is 73.4 cm³/mol. The molecular weight excluding hydrogens is 231 g/mol. The van der Waals surface area contributed by atoms with Gasteiger partial charge in [0.05, 0.1) is 12.3 Å². The van der Waals surface area contributed by atoms with Crippen LogP contribution in [0.1, 0.15) is 20.8 Å². The van der Waals surface area contributed by atoms with Crippen molar-refractivity contribution in [3.05, 3.63) is 24.0 Å². The number of benzene rings is 1. The molecule has 0 radical (unpaired) electrons. The van der Waals surface area contributed by atoms with Crippen LogP contribution in [-0.4, -0.2) is 19.7 Å². The maximum Gasteiger partial charge on any atom is 0.145 e. The van der Waals surface area contributed by atoms with Crippen molar-refractivity contribution in [1.82, 2.24) is 0 Å². The Labute approximate surface area is 109 Å². The zero-order chi connectivity index (χ0) is 13.5. The summed E-state index contributed by atoms with van der Waals surface area (Å²) in [5.41, 5.74) is 6.54. The lowest BCUT2D eigenvalue weighted by molar-refractivity contribution is 0.339. The van der Waals surface area contributed by atoms with Crippen LogP contribution in [-0.2, 0) is 0 Å². The Morgan fingerprint density at radius 1 is 1.39 bits per heavy atom. The number of hydrogen-bond donors (Lipinski definition) is 2. The van der Waals surface area contributed by atoms with Gasteiger partial charge in [-0.1, -0.05) is 13.8 Å². The molecule has 1 aromatic carbocycles. The maximum atomic E-state index is 13.1. The van der Waals surface area contributed by atoms with Crippen molar-refractivity contribution < 1.29 is 9.13 Å². The first-order valence-electron chi connectivity index (χ1n) is 6.44. The Morgan fingerprint density at radius 2 is 2.11 bits per heavy atom. The number of halogens is 1. The van der Waals surface area contributed by atoms with Crippen LogP contribution >= 0.6 is 0 Å². The maximum absolute atomic E-state index is 13.1. The van der Waals surface area contributed by atoms with Crippen molar-refractivity contribution in [2.75, 3.05) is 25.0 Å². The second-order valence-corrected chi connectivity index (χ2v) is 4.69. The highest BCUT2D eigenvalue weighted by atomic mass is 19.1. The summed E-state index contributed by atoms with van der Waals surface area (Å²) in [5, 5.41) is 3.29. The molecule has 102 valence electrons. The van der Waals surface area contributed by atoms with E-state index in [-0.39, 0.29) is 5.82 Å². The molecular formula is C14H23FN2O. The van der Waals surface area contributed by atoms with Gasteiger partial charge in [-0.05, 0) is 37.4 Å². The molecule has 0 saturated heterocycles. The van der Waals surface area contributed by atoms with Gasteiger partial charge in [-0.15, -0.1) is 0 Å². The minimum Gasteiger partial charge on any atom is -0.492 e. The Bertz CT molecular complexity index is 369. The third-order valence-corrected chi connectivity index (χ3v) is 3.04. The van der Waals surface area contributed by atoms with Crippen LogP contribution < -0.4 is 15.8 Å². The molecule has 3 N–H and O–H groups in total. The van der Waals surface area contributed by atoms with Gasteiger partial charge in [0.1, 0.15) is 11.6 Å². The van der Waals surface area contributed by atoms with Gasteiger partial charge in [0.15, 0.2) is 0 Å². The van der Waals surface area contributed by atoms with E-state index < -0.39 is 0 Å². The molecule has 0 aliphatic rings. The van der Waals surface area contributed by atoms with E-state index >= 15 is 0 Å². The summed E-state index contributed by atoms with van der Waals surface area (Å²) in [4.78, 5) is 0. The summed E-state index contributed by atoms with van der Waals surface area (Å²) in [6, 6.07) is 4.53. The minimum atomic E-state index is -0.289. The predicted octanol–water partition coefficient (Wildman–Crippen LogP) is 2.87. The van der Waals surface area contributed by atoms with Crippen molar-refractivity contribution in [1.29, 1.82) is 0 Å². The number of nitrogens with two attached hydrogens (primary N) is 1. The zero-order valence-corrected chi connectivity index (χ0v) is 11.4. The molecule has 0 aromatic heterocycles. The van der Waals surface area contributed by atoms with E-state index in [1.54, 1.807) is 6.07 Å². The summed E-state index contributed by atoms with van der Waals surface area (Å²) in [5.74, 6) is 1.17. The average Bonchev–Trinajstić information content (AvgIpc) is 2.32. The van der Waals surface area contributed by atoms with E-state index in [4.69, 9.17) is 10.5 Å². The number of rotatable bonds is 7. The molecule has 0 spiro atoms. The van der Waals surface area contributed by atoms with Crippen LogP contribution in [0, 0.1) is 17.7 Å². The van der Waals surface area contributed by atoms with Crippen LogP contribution in [0.15, 0.2) is 18.2 Å². The lowest BCUT2D eigenvalue weighted by Crippen LogP contribution is -2.27. The molecule has 0 fully saturated rings. The fourth-order valence-corrected chi connectivity index (χ4v) is 1.75. The normalized spacial score (nSPS) is 12.6. The van der Waals surface area contributed by atoms with Gasteiger partial charge in [0.2, 0.25) is 0 Å². The van der Waals surface area contributed by atoms with Crippen molar-refractivity contribution in [2.45, 2.75) is 20.8 Å². The first-order chi connectivity index (χ1) is 8.58. The zero-order valence-electron chi connectivity index (χ0n) is 11.4. The fraction of sp³-hybridized carbons (Fsp3) is 0.571. The van der Waals surface area contributed by atoms with Gasteiger partial charge >= 0.3 is 0 Å². The quantitative estimate of drug-likeness (QED) is 0.786. The van der Waals surface area contributed by atoms with E-state index in [1.807, 2.05) is 6.92 Å². The summed E-state index contributed by atoms with van der Waals surface area (Å²) in [6.45, 7) is 8.09. The summed E-state index contributed by atoms with van der Waals surface area (Å²) in [6.07, 6.45) is 0. The molecule has 1 unspecified atom stereocenters. The van der Waals surface area contributed by atoms with Crippen LogP contribution in [0.25, 0.3) is 0 Å². The van der Waals surface area contributed by atoms with E-state index in [1.165, 1.54) is 12.1 Å². The summed E-state index contributed by atoms with van der Waals surface area (Å²) >= 11 is 0. The van der Waals surface area contributed by atoms with Crippen LogP contribution in [0.5, 0.6) is 5.75 Å². The van der Waals surface area contributed by atoms with Gasteiger partial charge in [0, 0.05) is 12.6 Å². The topological polar surface area (TPSA) is 47.3 Å². The van der Waals surface area contributed by atoms with Crippen molar-refractivity contribution in [3.63, 3.8) is 0 Å². The fourth-order valence-electron chi connectivity index (χ4n) is 1.75. The Hall–Kier alpha value is -1.29. The molecule has 1 aromatic rings. The lowest BCUT2D eigenvalue weighted by Gasteiger charge is -2.21. The van der Waals surface area contributed by atoms with Gasteiger partial charge in [-0.3, -0.25) is 0 Å². The Kier molecular flexibility index (Phi) is 5.92. The average molecular weight is 254 g/mol. The molecule has 0 heterocycles. The minimum absolute atomic E-state index is 0.289. The van der Waals surface area contributed by atoms with E-state index in [9.17, 15) is 4.39 Å². The van der Waals surface area contributed by atoms with Gasteiger partial charge in [-0.2, -0.15) is 0 Å². The lowest BCUT2D eigenvalue weighted by atomic mass is 9.96. The van der Waals surface area contributed by atoms with E-state index in [0.29, 0.717) is 30.7 Å². The first-order valence-corrected chi connectivity index (χ1v) is 6.44. The Balaban J connectivity index is 2.71. The van der Waals surface area contributed by atoms with Gasteiger partial charge in [0.25, 0.3) is 0 Å². The number of anilines is 1. The third kappa shape index (κ3) is 4.18. The van der Waals surface area contributed by atoms with Crippen LogP contribution in [0.4, 0.5) is 10.1 Å². The highest BCUT2D eigenvalue weighted by molar-refractivity contribution is 5.56. The van der Waals surface area contributed by atoms with Crippen molar-refractivity contribution >= 4 is 5.69 Å². The standard InChI is InChI=1S/C14H23FN2O/c1-4-18-14-7-12(15)5-6-13(14)17-9-11(8-16)10(2)3/h5-7,10-11,17H,4,8-9,16H2,1-3H3. The molecule has 3 nitrogen and oxygen atoms in total. The second-order valence-electron chi connectivity index (χ2n) is 4.69. The number of nitrogens with one attached hydrogen (secondary N) is 1. The summed E-state index contributed by atoms with van der Waals surface area (Å²) in [7, 11) is 0. The molecule has 1 atom stereocenters. The molecule has 0 aliphatic heterocycles.